The van der Waals surface area contributed by atoms with E-state index < -0.39 is 142 Å². The Labute approximate surface area is 734 Å². The zero-order chi connectivity index (χ0) is 89.9. The van der Waals surface area contributed by atoms with E-state index in [1.54, 1.807) is 62.4 Å². The first-order chi connectivity index (χ1) is 57.7. The molecule has 3 saturated heterocycles. The number of aromatic amines is 1. The number of benzene rings is 3. The van der Waals surface area contributed by atoms with E-state index in [-0.39, 0.29) is 122 Å². The van der Waals surface area contributed by atoms with Gasteiger partial charge in [-0.2, -0.15) is 0 Å². The molecule has 39 nitrogen and oxygen atoms in total. The number of urea groups is 3. The molecule has 8 unspecified atom stereocenters. The van der Waals surface area contributed by atoms with E-state index >= 15 is 8.78 Å². The number of primary amides is 3. The lowest BCUT2D eigenvalue weighted by Gasteiger charge is -2.28. The van der Waals surface area contributed by atoms with Crippen molar-refractivity contribution in [1.82, 2.24) is 61.0 Å². The second kappa shape index (κ2) is 50.2. The minimum absolute atomic E-state index is 0. The molecule has 6 aromatic rings. The van der Waals surface area contributed by atoms with E-state index in [0.29, 0.717) is 55.4 Å². The van der Waals surface area contributed by atoms with Crippen molar-refractivity contribution in [3.63, 3.8) is 0 Å². The molecular formula is C78H116F3IN18O21P2S. The summed E-state index contributed by atoms with van der Waals surface area (Å²) in [7, 11) is -5.23. The minimum atomic E-state index is -5.23. The van der Waals surface area contributed by atoms with Crippen molar-refractivity contribution in [2.45, 2.75) is 205 Å². The second-order valence-electron chi connectivity index (χ2n) is 30.3. The van der Waals surface area contributed by atoms with Crippen LogP contribution in [-0.4, -0.2) is 191 Å². The molecule has 0 spiro atoms. The van der Waals surface area contributed by atoms with Gasteiger partial charge < -0.3 is 94.4 Å². The van der Waals surface area contributed by atoms with Gasteiger partial charge in [0.1, 0.15) is 36.8 Å². The standard InChI is InChI=1S/C37H48F2N12O14P2S.C20H30IN3O3.C20H31N3O4.CH4.FH.H2/c1-17(2)26(40)33(54)48-20(4-3-10-42-36(41)55)32(53)47-19-7-5-18(6-8-19)12-43-30-27-31(45-15-44-30)51(16-46-27)35-24(38)28-22(63-35)14-61-67(59,68)65-29-21(13-60-66(57,58)64-28)62-34(25(29)39)50-11-9-23(52)49-37(50)56;1-13(2)14(3)19(26)24-17(5-4-10-23-20(22)27)18(25)11-15-6-8-16(12-21)9-7-15;1-13(2)14(3)19(26)23-17(5-4-10-22-20(21)27)18(25)11-15-6-8-16(12-24)9-7-15;;;/h5-9,11,15-17,20-22,24-26,28-29,34-35H,3-4,10,12-14,40H2,1-2H3,(H,47,53)(H,48,54)(H,57,58)(H,59,68)(H3,41,42,55)(H,43,44,45)(H,49,52,56);6-9,13-14,17H,4-5,10-12H2,1-3H3,(H,24,26)(H3,22,23,27);6-9,13-14,17,24H,4-5,10-12H2,1-3H3,(H,23,26)(H3,21,22,27);1H4;2*1H/t20?,21-,22-,24-,25-,26?,28-,29-,34-,35-,67?;;;;;/m1...../s1. The van der Waals surface area contributed by atoms with Crippen LogP contribution in [0, 0.1) is 29.6 Å². The Morgan fingerprint density at radius 1 is 0.613 bits per heavy atom. The predicted octanol–water partition coefficient (Wildman–Crippen LogP) is 5.96. The number of imidazole rings is 1. The Hall–Kier alpha value is -9.28. The number of carbonyl (C=O) groups excluding carboxylic acids is 9. The van der Waals surface area contributed by atoms with Crippen molar-refractivity contribution in [2.24, 2.45) is 52.5 Å². The van der Waals surface area contributed by atoms with Crippen LogP contribution in [0.15, 0.2) is 107 Å². The van der Waals surface area contributed by atoms with Gasteiger partial charge in [0, 0.05) is 74.7 Å². The summed E-state index contributed by atoms with van der Waals surface area (Å²) in [6.45, 7) is 9.96. The molecule has 16 atom stereocenters. The number of Topliss-reactive ketones (excluding diaryl/α,β-unsaturated/α-hetero) is 2. The van der Waals surface area contributed by atoms with Gasteiger partial charge in [-0.1, -0.05) is 146 Å². The monoisotopic (exact) mass is 1920 g/mol. The van der Waals surface area contributed by atoms with Crippen LogP contribution >= 0.6 is 37.1 Å². The number of hydrogen-bond donors (Lipinski definition) is 16. The molecule has 0 aliphatic carbocycles. The third-order valence-corrected chi connectivity index (χ3v) is 23.7. The maximum Gasteiger partial charge on any atom is 0.472 e. The van der Waals surface area contributed by atoms with Gasteiger partial charge in [-0.25, -0.2) is 47.5 Å². The molecule has 3 aliphatic rings. The van der Waals surface area contributed by atoms with E-state index in [1.807, 2.05) is 70.8 Å². The van der Waals surface area contributed by atoms with Crippen molar-refractivity contribution in [3.05, 3.63) is 146 Å². The predicted molar refractivity (Wildman–Crippen MR) is 467 cm³/mol. The highest BCUT2D eigenvalue weighted by Gasteiger charge is 2.55. The van der Waals surface area contributed by atoms with Crippen LogP contribution in [0.25, 0.3) is 11.2 Å². The largest absolute Gasteiger partial charge is 0.472 e. The number of nitrogens with two attached hydrogens (primary N) is 4. The molecule has 9 rings (SSSR count). The first kappa shape index (κ1) is 105. The molecule has 10 amide bonds. The number of amides is 10. The van der Waals surface area contributed by atoms with Crippen LogP contribution in [0.2, 0.25) is 0 Å². The molecule has 6 heterocycles. The van der Waals surface area contributed by atoms with Gasteiger partial charge >= 0.3 is 38.3 Å². The minimum Gasteiger partial charge on any atom is -0.392 e. The van der Waals surface area contributed by atoms with Crippen LogP contribution in [-0.2, 0) is 103 Å². The summed E-state index contributed by atoms with van der Waals surface area (Å²) < 4.78 is 81.1. The number of nitrogens with zero attached hydrogens (tertiary/aromatic N) is 5. The number of aliphatic hydroxyl groups is 1. The number of phosphoric acid groups is 1. The fourth-order valence-corrected chi connectivity index (χ4v) is 15.3. The molecule has 124 heavy (non-hydrogen) atoms. The molecule has 0 saturated carbocycles. The maximum atomic E-state index is 16.5. The topological polar surface area (TPSA) is 586 Å². The summed E-state index contributed by atoms with van der Waals surface area (Å²) in [6.07, 6.45) is -8.60. The highest BCUT2D eigenvalue weighted by molar-refractivity contribution is 14.1. The molecule has 688 valence electrons. The molecule has 3 aromatic heterocycles. The SMILES string of the molecule is C.CC(C)C(C)C(=O)NC(CCCNC(N)=O)C(=O)Cc1ccc(CI)cc1.CC(C)C(C)C(=O)NC(CCCNC(N)=O)C(=O)Cc1ccc(CO)cc1.CC(C)C(N)C(=O)NC(CCCNC(N)=O)C(=O)Nc1ccc(CNc2ncnc3c2ncn3[C@@H]2O[C@@H]3COP(O)(=S)O[C@H]4[C@@H](F)[C@H](n5ccc(=O)[nH]c5=O)O[C@@H]4COP(=O)(O)O[C@H]3[C@H]2F)cc1.F.[HH]. The number of ketones is 2. The quantitative estimate of drug-likeness (QED) is 0.00933. The van der Waals surface area contributed by atoms with Gasteiger partial charge in [0.05, 0.1) is 44.3 Å². The number of fused-ring (bicyclic) bond motifs is 3. The third kappa shape index (κ3) is 32.3. The fourth-order valence-electron chi connectivity index (χ4n) is 12.4. The Bertz CT molecular complexity index is 4660. The van der Waals surface area contributed by atoms with Crippen molar-refractivity contribution in [2.75, 3.05) is 43.5 Å². The van der Waals surface area contributed by atoms with Crippen molar-refractivity contribution in [3.8, 4) is 0 Å². The number of H-pyrrole nitrogens is 1. The smallest absolute Gasteiger partial charge is 0.392 e. The number of alkyl halides is 3. The lowest BCUT2D eigenvalue weighted by atomic mass is 9.95. The molecular weight excluding hydrogens is 1800 g/mol. The summed E-state index contributed by atoms with van der Waals surface area (Å²) in [5.41, 5.74) is 24.5. The van der Waals surface area contributed by atoms with E-state index in [9.17, 15) is 67.1 Å². The number of halogens is 4. The number of rotatable bonds is 36. The van der Waals surface area contributed by atoms with Crippen LogP contribution in [0.5, 0.6) is 0 Å². The number of aromatic nitrogens is 6. The fraction of sp³-hybridized carbons (Fsp3) is 0.538. The van der Waals surface area contributed by atoms with Gasteiger partial charge in [-0.3, -0.25) is 66.0 Å². The van der Waals surface area contributed by atoms with Crippen LogP contribution < -0.4 is 76.7 Å². The van der Waals surface area contributed by atoms with Gasteiger partial charge in [0.25, 0.3) is 5.56 Å². The number of nitrogens with one attached hydrogen (secondary N) is 9. The average molecular weight is 1920 g/mol. The van der Waals surface area contributed by atoms with Crippen molar-refractivity contribution < 1.29 is 105 Å². The van der Waals surface area contributed by atoms with Crippen LogP contribution in [0.4, 0.5) is 39.4 Å². The van der Waals surface area contributed by atoms with Gasteiger partial charge in [0.2, 0.25) is 23.6 Å². The Balaban J connectivity index is 0.000000473. The summed E-state index contributed by atoms with van der Waals surface area (Å²) in [5.74, 6) is -1.38. The zero-order valence-electron chi connectivity index (χ0n) is 68.9. The van der Waals surface area contributed by atoms with E-state index in [2.05, 4.69) is 80.1 Å². The number of carbonyl (C=O) groups is 9. The number of anilines is 2. The zero-order valence-corrected chi connectivity index (χ0v) is 73.7. The molecule has 46 heteroatoms. The molecule has 3 aromatic carbocycles. The Morgan fingerprint density at radius 2 is 1.06 bits per heavy atom. The summed E-state index contributed by atoms with van der Waals surface area (Å²) >= 11 is 7.42. The van der Waals surface area contributed by atoms with Gasteiger partial charge in [-0.15, -0.1) is 0 Å². The lowest BCUT2D eigenvalue weighted by molar-refractivity contribution is -0.130. The normalized spacial score (nSPS) is 21.9. The highest BCUT2D eigenvalue weighted by Crippen LogP contribution is 2.54. The molecule has 0 radical (unpaired) electrons. The molecule has 20 N–H and O–H groups in total. The first-order valence-electron chi connectivity index (χ1n) is 39.4. The average Bonchev–Trinajstić information content (AvgIpc) is 1.61. The lowest BCUT2D eigenvalue weighted by Crippen LogP contribution is -2.51. The second-order valence-corrected chi connectivity index (χ2v) is 35.3. The number of aliphatic hydroxyl groups excluding tert-OH is 1. The number of hydrogen-bond acceptors (Lipinski definition) is 25. The maximum absolute atomic E-state index is 16.5. The number of phosphoric ester groups is 1. The first-order valence-corrected chi connectivity index (χ1v) is 45.0. The van der Waals surface area contributed by atoms with E-state index in [0.717, 1.165) is 38.9 Å². The van der Waals surface area contributed by atoms with E-state index in [1.165, 1.54) is 22.8 Å². The molecule has 3 fully saturated rings. The van der Waals surface area contributed by atoms with Gasteiger partial charge in [0.15, 0.2) is 53.3 Å². The summed E-state index contributed by atoms with van der Waals surface area (Å²) in [6, 6.07) is 17.8. The summed E-state index contributed by atoms with van der Waals surface area (Å²) in [5, 5.41) is 30.9. The van der Waals surface area contributed by atoms with Crippen LogP contribution in [0.3, 0.4) is 0 Å². The van der Waals surface area contributed by atoms with E-state index in [4.69, 9.17) is 67.4 Å². The summed E-state index contributed by atoms with van der Waals surface area (Å²) in [4.78, 5) is 169. The van der Waals surface area contributed by atoms with Crippen LogP contribution in [0.1, 0.15) is 143 Å². The van der Waals surface area contributed by atoms with Crippen molar-refractivity contribution >= 4 is 125 Å². The van der Waals surface area contributed by atoms with Crippen molar-refractivity contribution in [1.29, 1.82) is 0 Å². The Kier molecular flexibility index (Phi) is 42.6. The molecule has 3 aliphatic heterocycles. The highest BCUT2D eigenvalue weighted by atomic mass is 127. The third-order valence-electron chi connectivity index (χ3n) is 20.2. The molecule has 0 bridgehead atoms. The Morgan fingerprint density at radius 3 is 1.53 bits per heavy atom. The van der Waals surface area contributed by atoms with Gasteiger partial charge in [-0.05, 0) is 108 Å². The number of ether oxygens (including phenoxy) is 2.